The van der Waals surface area contributed by atoms with Gasteiger partial charge in [-0.1, -0.05) is 0 Å². The molecule has 0 unspecified atom stereocenters. The van der Waals surface area contributed by atoms with Gasteiger partial charge in [0.05, 0.1) is 5.52 Å². The Bertz CT molecular complexity index is 660. The van der Waals surface area contributed by atoms with E-state index in [-0.39, 0.29) is 5.75 Å². The number of phenolic OH excluding ortho intramolecular Hbond substituents is 1. The van der Waals surface area contributed by atoms with Gasteiger partial charge in [-0.15, -0.1) is 0 Å². The van der Waals surface area contributed by atoms with Crippen LogP contribution in [-0.4, -0.2) is 14.5 Å². The lowest BCUT2D eigenvalue weighted by Gasteiger charge is -2.01. The summed E-state index contributed by atoms with van der Waals surface area (Å²) in [7, 11) is 0. The summed E-state index contributed by atoms with van der Waals surface area (Å²) in [6.45, 7) is 0. The number of halogens is 1. The lowest BCUT2D eigenvalue weighted by atomic mass is 10.2. The summed E-state index contributed by atoms with van der Waals surface area (Å²) in [5, 5.41) is 10.5. The highest BCUT2D eigenvalue weighted by Gasteiger charge is 2.03. The second-order valence-electron chi connectivity index (χ2n) is 3.37. The zero-order chi connectivity index (χ0) is 10.4. The van der Waals surface area contributed by atoms with Gasteiger partial charge in [0.25, 0.3) is 0 Å². The minimum absolute atomic E-state index is 0.264. The predicted molar refractivity (Wildman–Crippen MR) is 62.1 cm³/mol. The van der Waals surface area contributed by atoms with E-state index < -0.39 is 0 Å². The molecule has 1 aromatic carbocycles. The zero-order valence-electron chi connectivity index (χ0n) is 7.68. The molecule has 74 valence electrons. The molecule has 0 aliphatic rings. The van der Waals surface area contributed by atoms with Gasteiger partial charge in [-0.2, -0.15) is 0 Å². The van der Waals surface area contributed by atoms with E-state index in [0.717, 1.165) is 21.2 Å². The number of benzene rings is 1. The third-order valence-electron chi connectivity index (χ3n) is 2.39. The molecule has 1 N–H and O–H groups in total. The van der Waals surface area contributed by atoms with Gasteiger partial charge >= 0.3 is 0 Å². The van der Waals surface area contributed by atoms with Gasteiger partial charge in [-0.25, -0.2) is 4.98 Å². The van der Waals surface area contributed by atoms with E-state index in [1.807, 2.05) is 28.8 Å². The SMILES string of the molecule is Oc1ccc2ccc3nc(Br)cn3c2c1. The van der Waals surface area contributed by atoms with Gasteiger partial charge in [0, 0.05) is 12.3 Å². The van der Waals surface area contributed by atoms with E-state index in [9.17, 15) is 5.11 Å². The Morgan fingerprint density at radius 1 is 1.20 bits per heavy atom. The molecule has 0 aliphatic heterocycles. The minimum atomic E-state index is 0.264. The summed E-state index contributed by atoms with van der Waals surface area (Å²) in [5.41, 5.74) is 1.81. The minimum Gasteiger partial charge on any atom is -0.508 e. The van der Waals surface area contributed by atoms with E-state index in [1.54, 1.807) is 12.1 Å². The first kappa shape index (κ1) is 8.73. The molecule has 0 radical (unpaired) electrons. The number of aromatic nitrogens is 2. The molecule has 0 bridgehead atoms. The van der Waals surface area contributed by atoms with Crippen LogP contribution in [0.25, 0.3) is 16.6 Å². The van der Waals surface area contributed by atoms with Crippen LogP contribution in [0, 0.1) is 0 Å². The predicted octanol–water partition coefficient (Wildman–Crippen LogP) is 2.96. The molecule has 0 amide bonds. The second-order valence-corrected chi connectivity index (χ2v) is 4.18. The van der Waals surface area contributed by atoms with E-state index in [1.165, 1.54) is 0 Å². The Morgan fingerprint density at radius 3 is 2.87 bits per heavy atom. The molecule has 3 rings (SSSR count). The van der Waals surface area contributed by atoms with Crippen molar-refractivity contribution in [1.82, 2.24) is 9.38 Å². The molecule has 0 fully saturated rings. The van der Waals surface area contributed by atoms with Crippen LogP contribution in [0.15, 0.2) is 41.1 Å². The summed E-state index contributed by atoms with van der Waals surface area (Å²) in [4.78, 5) is 4.29. The van der Waals surface area contributed by atoms with Gasteiger partial charge in [0.1, 0.15) is 16.0 Å². The zero-order valence-corrected chi connectivity index (χ0v) is 9.27. The lowest BCUT2D eigenvalue weighted by Crippen LogP contribution is -1.85. The molecular weight excluding hydrogens is 256 g/mol. The van der Waals surface area contributed by atoms with Crippen molar-refractivity contribution >= 4 is 32.5 Å². The Morgan fingerprint density at radius 2 is 2.00 bits per heavy atom. The quantitative estimate of drug-likeness (QED) is 0.677. The fourth-order valence-corrected chi connectivity index (χ4v) is 2.11. The molecule has 0 saturated heterocycles. The average Bonchev–Trinajstić information content (AvgIpc) is 2.58. The van der Waals surface area contributed by atoms with Crippen LogP contribution in [0.2, 0.25) is 0 Å². The Kier molecular flexibility index (Phi) is 1.73. The molecule has 3 nitrogen and oxygen atoms in total. The highest BCUT2D eigenvalue weighted by atomic mass is 79.9. The van der Waals surface area contributed by atoms with Gasteiger partial charge in [-0.05, 0) is 45.6 Å². The maximum Gasteiger partial charge on any atom is 0.138 e. The molecule has 2 heterocycles. The molecule has 15 heavy (non-hydrogen) atoms. The Balaban J connectivity index is 2.56. The van der Waals surface area contributed by atoms with Crippen molar-refractivity contribution in [3.8, 4) is 5.75 Å². The molecule has 0 spiro atoms. The first-order valence-electron chi connectivity index (χ1n) is 4.50. The second kappa shape index (κ2) is 2.97. The first-order valence-corrected chi connectivity index (χ1v) is 5.30. The largest absolute Gasteiger partial charge is 0.508 e. The number of phenols is 1. The van der Waals surface area contributed by atoms with Crippen LogP contribution >= 0.6 is 15.9 Å². The van der Waals surface area contributed by atoms with Crippen molar-refractivity contribution in [1.29, 1.82) is 0 Å². The van der Waals surface area contributed by atoms with E-state index in [4.69, 9.17) is 0 Å². The van der Waals surface area contributed by atoms with Crippen LogP contribution in [0.1, 0.15) is 0 Å². The highest BCUT2D eigenvalue weighted by molar-refractivity contribution is 9.10. The number of fused-ring (bicyclic) bond motifs is 3. The fraction of sp³-hybridized carbons (Fsp3) is 0. The number of hydrogen-bond acceptors (Lipinski definition) is 2. The third kappa shape index (κ3) is 1.29. The summed E-state index contributed by atoms with van der Waals surface area (Å²) < 4.78 is 2.73. The topological polar surface area (TPSA) is 37.5 Å². The summed E-state index contributed by atoms with van der Waals surface area (Å²) in [5.74, 6) is 0.264. The number of hydrogen-bond donors (Lipinski definition) is 1. The molecule has 0 aliphatic carbocycles. The number of pyridine rings is 1. The van der Waals surface area contributed by atoms with Crippen molar-refractivity contribution in [2.24, 2.45) is 0 Å². The van der Waals surface area contributed by atoms with Crippen molar-refractivity contribution in [2.75, 3.05) is 0 Å². The van der Waals surface area contributed by atoms with E-state index >= 15 is 0 Å². The van der Waals surface area contributed by atoms with Crippen molar-refractivity contribution in [3.05, 3.63) is 41.1 Å². The highest BCUT2D eigenvalue weighted by Crippen LogP contribution is 2.22. The molecule has 4 heteroatoms. The molecule has 0 atom stereocenters. The lowest BCUT2D eigenvalue weighted by molar-refractivity contribution is 0.476. The standard InChI is InChI=1S/C11H7BrN2O/c12-10-6-14-9-5-8(15)3-1-7(9)2-4-11(14)13-10/h1-6,15H. The number of aromatic hydroxyl groups is 1. The van der Waals surface area contributed by atoms with Crippen LogP contribution in [0.3, 0.4) is 0 Å². The van der Waals surface area contributed by atoms with E-state index in [2.05, 4.69) is 20.9 Å². The summed E-state index contributed by atoms with van der Waals surface area (Å²) >= 11 is 3.33. The Hall–Kier alpha value is -1.55. The first-order chi connectivity index (χ1) is 7.24. The summed E-state index contributed by atoms with van der Waals surface area (Å²) in [6, 6.07) is 9.24. The fourth-order valence-electron chi connectivity index (χ4n) is 1.72. The van der Waals surface area contributed by atoms with Gasteiger partial charge in [0.2, 0.25) is 0 Å². The molecule has 0 saturated carbocycles. The monoisotopic (exact) mass is 262 g/mol. The Labute approximate surface area is 94.1 Å². The molecule has 2 aromatic heterocycles. The number of imidazole rings is 1. The number of rotatable bonds is 0. The smallest absolute Gasteiger partial charge is 0.138 e. The molecule has 3 aromatic rings. The van der Waals surface area contributed by atoms with Gasteiger partial charge < -0.3 is 5.11 Å². The van der Waals surface area contributed by atoms with Gasteiger partial charge in [-0.3, -0.25) is 4.40 Å². The van der Waals surface area contributed by atoms with Crippen LogP contribution < -0.4 is 0 Å². The maximum absolute atomic E-state index is 9.45. The summed E-state index contributed by atoms with van der Waals surface area (Å²) in [6.07, 6.45) is 1.89. The van der Waals surface area contributed by atoms with Gasteiger partial charge in [0.15, 0.2) is 0 Å². The molecular formula is C11H7BrN2O. The third-order valence-corrected chi connectivity index (χ3v) is 2.77. The maximum atomic E-state index is 9.45. The van der Waals surface area contributed by atoms with Crippen molar-refractivity contribution in [3.63, 3.8) is 0 Å². The van der Waals surface area contributed by atoms with Crippen LogP contribution in [-0.2, 0) is 0 Å². The van der Waals surface area contributed by atoms with Crippen LogP contribution in [0.5, 0.6) is 5.75 Å². The van der Waals surface area contributed by atoms with Crippen LogP contribution in [0.4, 0.5) is 0 Å². The average molecular weight is 263 g/mol. The van der Waals surface area contributed by atoms with E-state index in [0.29, 0.717) is 0 Å². The normalized spacial score (nSPS) is 11.3. The number of nitrogens with zero attached hydrogens (tertiary/aromatic N) is 2. The van der Waals surface area contributed by atoms with Crippen molar-refractivity contribution < 1.29 is 5.11 Å². The van der Waals surface area contributed by atoms with Crippen molar-refractivity contribution in [2.45, 2.75) is 0 Å².